The molecule has 1 aliphatic carbocycles. The zero-order valence-corrected chi connectivity index (χ0v) is 15.7. The van der Waals surface area contributed by atoms with E-state index in [0.29, 0.717) is 0 Å². The van der Waals surface area contributed by atoms with Crippen molar-refractivity contribution < 1.29 is 0 Å². The van der Waals surface area contributed by atoms with Crippen molar-refractivity contribution in [3.63, 3.8) is 0 Å². The quantitative estimate of drug-likeness (QED) is 0.452. The second-order valence-corrected chi connectivity index (χ2v) is 5.63. The van der Waals surface area contributed by atoms with E-state index in [1.54, 1.807) is 11.1 Å². The van der Waals surface area contributed by atoms with Gasteiger partial charge in [-0.2, -0.15) is 0 Å². The SMILES string of the molecule is CC.CC(C)C1=C(C(C)C)CCC1.CCC.CCC. The van der Waals surface area contributed by atoms with Gasteiger partial charge in [-0.3, -0.25) is 0 Å². The lowest BCUT2D eigenvalue weighted by Gasteiger charge is -2.13. The van der Waals surface area contributed by atoms with Gasteiger partial charge in [0.05, 0.1) is 0 Å². The average molecular weight is 271 g/mol. The normalized spacial score (nSPS) is 13.3. The van der Waals surface area contributed by atoms with Crippen LogP contribution >= 0.6 is 0 Å². The van der Waals surface area contributed by atoms with Gasteiger partial charge in [-0.25, -0.2) is 0 Å². The molecule has 1 aliphatic rings. The van der Waals surface area contributed by atoms with Crippen LogP contribution < -0.4 is 0 Å². The molecule has 0 heteroatoms. The highest BCUT2D eigenvalue weighted by Gasteiger charge is 2.18. The Morgan fingerprint density at radius 3 is 1.05 bits per heavy atom. The van der Waals surface area contributed by atoms with Crippen molar-refractivity contribution in [2.24, 2.45) is 11.8 Å². The summed E-state index contributed by atoms with van der Waals surface area (Å²) in [6.45, 7) is 21.8. The summed E-state index contributed by atoms with van der Waals surface area (Å²) in [7, 11) is 0. The molecule has 0 nitrogen and oxygen atoms in total. The van der Waals surface area contributed by atoms with E-state index in [-0.39, 0.29) is 0 Å². The number of hydrogen-bond donors (Lipinski definition) is 0. The topological polar surface area (TPSA) is 0 Å². The average Bonchev–Trinajstić information content (AvgIpc) is 2.83. The minimum atomic E-state index is 0.787. The van der Waals surface area contributed by atoms with Crippen molar-refractivity contribution in [1.82, 2.24) is 0 Å². The lowest BCUT2D eigenvalue weighted by Crippen LogP contribution is -1.98. The van der Waals surface area contributed by atoms with Gasteiger partial charge in [-0.15, -0.1) is 0 Å². The number of hydrogen-bond acceptors (Lipinski definition) is 0. The Balaban J connectivity index is -0.000000269. The summed E-state index contributed by atoms with van der Waals surface area (Å²) in [6.07, 6.45) is 6.64. The van der Waals surface area contributed by atoms with Crippen LogP contribution in [-0.2, 0) is 0 Å². The molecule has 0 saturated carbocycles. The molecule has 0 radical (unpaired) electrons. The Morgan fingerprint density at radius 1 is 0.684 bits per heavy atom. The van der Waals surface area contributed by atoms with Crippen LogP contribution in [0, 0.1) is 11.8 Å². The maximum Gasteiger partial charge on any atom is -0.0257 e. The Hall–Kier alpha value is -0.260. The second-order valence-electron chi connectivity index (χ2n) is 5.63. The third-order valence-corrected chi connectivity index (χ3v) is 2.70. The Labute approximate surface area is 125 Å². The molecule has 0 bridgehead atoms. The van der Waals surface area contributed by atoms with Crippen LogP contribution in [0.3, 0.4) is 0 Å². The lowest BCUT2D eigenvalue weighted by atomic mass is 9.93. The molecule has 0 N–H and O–H groups in total. The fourth-order valence-corrected chi connectivity index (χ4v) is 2.11. The van der Waals surface area contributed by atoms with Gasteiger partial charge in [0.15, 0.2) is 0 Å². The van der Waals surface area contributed by atoms with E-state index < -0.39 is 0 Å². The first-order chi connectivity index (χ1) is 8.95. The van der Waals surface area contributed by atoms with Crippen molar-refractivity contribution in [3.05, 3.63) is 11.1 Å². The van der Waals surface area contributed by atoms with E-state index in [1.807, 2.05) is 13.8 Å². The highest BCUT2D eigenvalue weighted by molar-refractivity contribution is 5.22. The minimum absolute atomic E-state index is 0.787. The van der Waals surface area contributed by atoms with E-state index in [0.717, 1.165) is 11.8 Å². The van der Waals surface area contributed by atoms with Crippen molar-refractivity contribution in [3.8, 4) is 0 Å². The van der Waals surface area contributed by atoms with Gasteiger partial charge in [-0.1, -0.05) is 93.2 Å². The fourth-order valence-electron chi connectivity index (χ4n) is 2.11. The zero-order chi connectivity index (χ0) is 15.8. The van der Waals surface area contributed by atoms with Crippen molar-refractivity contribution >= 4 is 0 Å². The summed E-state index contributed by atoms with van der Waals surface area (Å²) in [5.41, 5.74) is 3.50. The Kier molecular flexibility index (Phi) is 22.2. The van der Waals surface area contributed by atoms with Gasteiger partial charge in [0.1, 0.15) is 0 Å². The molecule has 0 saturated heterocycles. The van der Waals surface area contributed by atoms with Crippen LogP contribution in [0.1, 0.15) is 101 Å². The van der Waals surface area contributed by atoms with Crippen LogP contribution in [0.4, 0.5) is 0 Å². The summed E-state index contributed by atoms with van der Waals surface area (Å²) >= 11 is 0. The van der Waals surface area contributed by atoms with E-state index in [9.17, 15) is 0 Å². The molecule has 0 atom stereocenters. The van der Waals surface area contributed by atoms with Gasteiger partial charge in [0.2, 0.25) is 0 Å². The predicted molar refractivity (Wildman–Crippen MR) is 93.8 cm³/mol. The molecule has 0 amide bonds. The van der Waals surface area contributed by atoms with E-state index in [2.05, 4.69) is 55.4 Å². The van der Waals surface area contributed by atoms with Gasteiger partial charge < -0.3 is 0 Å². The predicted octanol–water partition coefficient (Wildman–Crippen LogP) is 7.64. The van der Waals surface area contributed by atoms with E-state index in [1.165, 1.54) is 32.1 Å². The lowest BCUT2D eigenvalue weighted by molar-refractivity contribution is 0.691. The smallest absolute Gasteiger partial charge is 0.0257 e. The summed E-state index contributed by atoms with van der Waals surface area (Å²) in [4.78, 5) is 0. The molecule has 0 heterocycles. The van der Waals surface area contributed by atoms with Gasteiger partial charge in [0.25, 0.3) is 0 Å². The van der Waals surface area contributed by atoms with E-state index in [4.69, 9.17) is 0 Å². The Morgan fingerprint density at radius 2 is 0.895 bits per heavy atom. The third kappa shape index (κ3) is 14.0. The first-order valence-corrected chi connectivity index (χ1v) is 8.67. The summed E-state index contributed by atoms with van der Waals surface area (Å²) in [6, 6.07) is 0. The molecule has 0 aromatic heterocycles. The van der Waals surface area contributed by atoms with Gasteiger partial charge in [0, 0.05) is 0 Å². The molecule has 0 unspecified atom stereocenters. The second kappa shape index (κ2) is 17.7. The van der Waals surface area contributed by atoms with Crippen molar-refractivity contribution in [2.75, 3.05) is 0 Å². The standard InChI is InChI=1S/C11H20.2C3H8.C2H6/c1-8(2)10-6-5-7-11(10)9(3)4;2*1-3-2;1-2/h8-9H,5-7H2,1-4H3;2*3H2,1-2H3;1-2H3. The van der Waals surface area contributed by atoms with Crippen molar-refractivity contribution in [1.29, 1.82) is 0 Å². The van der Waals surface area contributed by atoms with Crippen LogP contribution in [0.25, 0.3) is 0 Å². The molecular weight excluding hydrogens is 228 g/mol. The molecule has 19 heavy (non-hydrogen) atoms. The molecule has 1 rings (SSSR count). The number of rotatable bonds is 2. The molecule has 0 aliphatic heterocycles. The van der Waals surface area contributed by atoms with E-state index >= 15 is 0 Å². The first kappa shape index (κ1) is 23.8. The van der Waals surface area contributed by atoms with Crippen LogP contribution in [-0.4, -0.2) is 0 Å². The largest absolute Gasteiger partial charge is 0.0683 e. The summed E-state index contributed by atoms with van der Waals surface area (Å²) in [5.74, 6) is 1.57. The molecule has 118 valence electrons. The highest BCUT2D eigenvalue weighted by atomic mass is 14.2. The van der Waals surface area contributed by atoms with Gasteiger partial charge >= 0.3 is 0 Å². The maximum absolute atomic E-state index is 2.32. The molecule has 0 fully saturated rings. The summed E-state index contributed by atoms with van der Waals surface area (Å²) < 4.78 is 0. The molecular formula is C19H42. The third-order valence-electron chi connectivity index (χ3n) is 2.70. The monoisotopic (exact) mass is 270 g/mol. The molecule has 0 aromatic carbocycles. The fraction of sp³-hybridized carbons (Fsp3) is 0.895. The molecule has 0 spiro atoms. The van der Waals surface area contributed by atoms with Crippen LogP contribution in [0.5, 0.6) is 0 Å². The van der Waals surface area contributed by atoms with Gasteiger partial charge in [-0.05, 0) is 31.1 Å². The van der Waals surface area contributed by atoms with Crippen LogP contribution in [0.15, 0.2) is 11.1 Å². The summed E-state index contributed by atoms with van der Waals surface area (Å²) in [5, 5.41) is 0. The minimum Gasteiger partial charge on any atom is -0.0683 e. The molecule has 0 aromatic rings. The van der Waals surface area contributed by atoms with Crippen molar-refractivity contribution in [2.45, 2.75) is 101 Å². The maximum atomic E-state index is 2.32. The zero-order valence-electron chi connectivity index (χ0n) is 15.7. The Bertz CT molecular complexity index is 164. The van der Waals surface area contributed by atoms with Crippen LogP contribution in [0.2, 0.25) is 0 Å². The number of allylic oxidation sites excluding steroid dienone is 2. The highest BCUT2D eigenvalue weighted by Crippen LogP contribution is 2.35. The first-order valence-electron chi connectivity index (χ1n) is 8.67.